The fraction of sp³-hybridized carbons (Fsp3) is 0.375. The lowest BCUT2D eigenvalue weighted by atomic mass is 10.2. The SMILES string of the molecule is COc1cc(CN)cc(C)n1. The molecule has 1 aromatic heterocycles. The quantitative estimate of drug-likeness (QED) is 0.683. The van der Waals surface area contributed by atoms with E-state index in [9.17, 15) is 0 Å². The molecular formula is C8H12N2O. The van der Waals surface area contributed by atoms with Crippen LogP contribution in [0.25, 0.3) is 0 Å². The van der Waals surface area contributed by atoms with E-state index in [0.29, 0.717) is 12.4 Å². The first-order valence-electron chi connectivity index (χ1n) is 3.48. The van der Waals surface area contributed by atoms with Gasteiger partial charge in [-0.2, -0.15) is 0 Å². The molecule has 0 saturated carbocycles. The van der Waals surface area contributed by atoms with Crippen molar-refractivity contribution in [3.05, 3.63) is 23.4 Å². The van der Waals surface area contributed by atoms with Gasteiger partial charge < -0.3 is 10.5 Å². The van der Waals surface area contributed by atoms with Crippen LogP contribution in [0.3, 0.4) is 0 Å². The van der Waals surface area contributed by atoms with Crippen LogP contribution in [0.5, 0.6) is 5.88 Å². The topological polar surface area (TPSA) is 48.1 Å². The van der Waals surface area contributed by atoms with Crippen LogP contribution in [0, 0.1) is 6.92 Å². The van der Waals surface area contributed by atoms with Crippen molar-refractivity contribution in [2.45, 2.75) is 13.5 Å². The van der Waals surface area contributed by atoms with E-state index in [0.717, 1.165) is 11.3 Å². The third kappa shape index (κ3) is 1.91. The normalized spacial score (nSPS) is 9.73. The minimum atomic E-state index is 0.528. The molecule has 0 saturated heterocycles. The molecule has 0 fully saturated rings. The lowest BCUT2D eigenvalue weighted by Gasteiger charge is -2.02. The van der Waals surface area contributed by atoms with Crippen LogP contribution in [0.2, 0.25) is 0 Å². The molecule has 2 N–H and O–H groups in total. The largest absolute Gasteiger partial charge is 0.481 e. The van der Waals surface area contributed by atoms with Gasteiger partial charge in [-0.25, -0.2) is 4.98 Å². The Morgan fingerprint density at radius 1 is 1.55 bits per heavy atom. The Balaban J connectivity index is 3.02. The zero-order chi connectivity index (χ0) is 8.27. The Hall–Kier alpha value is -1.09. The first-order chi connectivity index (χ1) is 5.26. The van der Waals surface area contributed by atoms with Crippen molar-refractivity contribution in [2.24, 2.45) is 5.73 Å². The molecule has 0 aliphatic rings. The van der Waals surface area contributed by atoms with E-state index < -0.39 is 0 Å². The van der Waals surface area contributed by atoms with Crippen LogP contribution in [0.15, 0.2) is 12.1 Å². The minimum Gasteiger partial charge on any atom is -0.481 e. The van der Waals surface area contributed by atoms with E-state index in [-0.39, 0.29) is 0 Å². The Kier molecular flexibility index (Phi) is 2.44. The van der Waals surface area contributed by atoms with Gasteiger partial charge in [0.25, 0.3) is 0 Å². The fourth-order valence-corrected chi connectivity index (χ4v) is 0.929. The molecule has 0 spiro atoms. The van der Waals surface area contributed by atoms with Crippen LogP contribution in [0.4, 0.5) is 0 Å². The van der Waals surface area contributed by atoms with Crippen LogP contribution in [-0.2, 0) is 6.54 Å². The van der Waals surface area contributed by atoms with E-state index in [2.05, 4.69) is 4.98 Å². The summed E-state index contributed by atoms with van der Waals surface area (Å²) in [5, 5.41) is 0. The highest BCUT2D eigenvalue weighted by Crippen LogP contribution is 2.10. The average molecular weight is 152 g/mol. The number of hydrogen-bond acceptors (Lipinski definition) is 3. The smallest absolute Gasteiger partial charge is 0.213 e. The van der Waals surface area contributed by atoms with Gasteiger partial charge in [0.05, 0.1) is 7.11 Å². The summed E-state index contributed by atoms with van der Waals surface area (Å²) in [5.41, 5.74) is 7.44. The summed E-state index contributed by atoms with van der Waals surface area (Å²) in [5.74, 6) is 0.630. The molecule has 1 aromatic rings. The van der Waals surface area contributed by atoms with Crippen molar-refractivity contribution < 1.29 is 4.74 Å². The average Bonchev–Trinajstić information content (AvgIpc) is 2.03. The number of hydrogen-bond donors (Lipinski definition) is 1. The van der Waals surface area contributed by atoms with Crippen LogP contribution >= 0.6 is 0 Å². The molecule has 0 unspecified atom stereocenters. The van der Waals surface area contributed by atoms with E-state index in [1.54, 1.807) is 7.11 Å². The molecule has 60 valence electrons. The molecule has 0 aliphatic carbocycles. The van der Waals surface area contributed by atoms with Crippen molar-refractivity contribution in [1.29, 1.82) is 0 Å². The summed E-state index contributed by atoms with van der Waals surface area (Å²) in [6.45, 7) is 2.45. The van der Waals surface area contributed by atoms with Crippen molar-refractivity contribution in [3.8, 4) is 5.88 Å². The lowest BCUT2D eigenvalue weighted by Crippen LogP contribution is -1.99. The second kappa shape index (κ2) is 3.34. The molecule has 3 nitrogen and oxygen atoms in total. The van der Waals surface area contributed by atoms with E-state index >= 15 is 0 Å². The van der Waals surface area contributed by atoms with E-state index in [1.807, 2.05) is 19.1 Å². The number of aromatic nitrogens is 1. The summed E-state index contributed by atoms with van der Waals surface area (Å²) < 4.78 is 4.97. The number of pyridine rings is 1. The molecule has 1 heterocycles. The van der Waals surface area contributed by atoms with E-state index in [1.165, 1.54) is 0 Å². The van der Waals surface area contributed by atoms with Crippen molar-refractivity contribution in [1.82, 2.24) is 4.98 Å². The molecular weight excluding hydrogens is 140 g/mol. The number of aryl methyl sites for hydroxylation is 1. The summed E-state index contributed by atoms with van der Waals surface area (Å²) in [7, 11) is 1.60. The maximum absolute atomic E-state index is 5.46. The van der Waals surface area contributed by atoms with Gasteiger partial charge in [-0.3, -0.25) is 0 Å². The third-order valence-corrected chi connectivity index (χ3v) is 1.43. The monoisotopic (exact) mass is 152 g/mol. The zero-order valence-electron chi connectivity index (χ0n) is 6.79. The Bertz CT molecular complexity index is 226. The van der Waals surface area contributed by atoms with Gasteiger partial charge in [0.15, 0.2) is 0 Å². The number of nitrogens with zero attached hydrogens (tertiary/aromatic N) is 1. The molecule has 0 aliphatic heterocycles. The maximum atomic E-state index is 5.46. The van der Waals surface area contributed by atoms with Crippen molar-refractivity contribution in [3.63, 3.8) is 0 Å². The highest BCUT2D eigenvalue weighted by Gasteiger charge is 1.96. The lowest BCUT2D eigenvalue weighted by molar-refractivity contribution is 0.396. The fourth-order valence-electron chi connectivity index (χ4n) is 0.929. The third-order valence-electron chi connectivity index (χ3n) is 1.43. The molecule has 0 bridgehead atoms. The van der Waals surface area contributed by atoms with Crippen LogP contribution < -0.4 is 10.5 Å². The highest BCUT2D eigenvalue weighted by atomic mass is 16.5. The van der Waals surface area contributed by atoms with Gasteiger partial charge in [0.1, 0.15) is 0 Å². The maximum Gasteiger partial charge on any atom is 0.213 e. The Labute approximate surface area is 66.2 Å². The first kappa shape index (κ1) is 8.01. The van der Waals surface area contributed by atoms with Gasteiger partial charge in [-0.05, 0) is 18.6 Å². The number of ether oxygens (including phenoxy) is 1. The van der Waals surface area contributed by atoms with Crippen LogP contribution in [0.1, 0.15) is 11.3 Å². The molecule has 0 atom stereocenters. The zero-order valence-corrected chi connectivity index (χ0v) is 6.79. The van der Waals surface area contributed by atoms with Crippen molar-refractivity contribution >= 4 is 0 Å². The molecule has 0 amide bonds. The molecule has 0 radical (unpaired) electrons. The number of nitrogens with two attached hydrogens (primary N) is 1. The Morgan fingerprint density at radius 2 is 2.27 bits per heavy atom. The second-order valence-electron chi connectivity index (χ2n) is 2.36. The summed E-state index contributed by atoms with van der Waals surface area (Å²) in [4.78, 5) is 4.12. The first-order valence-corrected chi connectivity index (χ1v) is 3.48. The van der Waals surface area contributed by atoms with Gasteiger partial charge in [-0.15, -0.1) is 0 Å². The summed E-state index contributed by atoms with van der Waals surface area (Å²) in [6, 6.07) is 3.79. The van der Waals surface area contributed by atoms with Gasteiger partial charge >= 0.3 is 0 Å². The van der Waals surface area contributed by atoms with Crippen LogP contribution in [-0.4, -0.2) is 12.1 Å². The number of methoxy groups -OCH3 is 1. The van der Waals surface area contributed by atoms with Crippen molar-refractivity contribution in [2.75, 3.05) is 7.11 Å². The second-order valence-corrected chi connectivity index (χ2v) is 2.36. The molecule has 11 heavy (non-hydrogen) atoms. The Morgan fingerprint density at radius 3 is 2.82 bits per heavy atom. The predicted molar refractivity (Wildman–Crippen MR) is 43.4 cm³/mol. The molecule has 3 heteroatoms. The standard InChI is InChI=1S/C8H12N2O/c1-6-3-7(5-9)4-8(10-6)11-2/h3-4H,5,9H2,1-2H3. The highest BCUT2D eigenvalue weighted by molar-refractivity contribution is 5.24. The van der Waals surface area contributed by atoms with Gasteiger partial charge in [0, 0.05) is 18.3 Å². The summed E-state index contributed by atoms with van der Waals surface area (Å²) in [6.07, 6.45) is 0. The van der Waals surface area contributed by atoms with E-state index in [4.69, 9.17) is 10.5 Å². The van der Waals surface area contributed by atoms with Gasteiger partial charge in [0.2, 0.25) is 5.88 Å². The van der Waals surface area contributed by atoms with Gasteiger partial charge in [-0.1, -0.05) is 0 Å². The summed E-state index contributed by atoms with van der Waals surface area (Å²) >= 11 is 0. The number of rotatable bonds is 2. The minimum absolute atomic E-state index is 0.528. The molecule has 0 aromatic carbocycles. The predicted octanol–water partition coefficient (Wildman–Crippen LogP) is 0.857. The molecule has 1 rings (SSSR count).